The molecule has 1 fully saturated rings. The summed E-state index contributed by atoms with van der Waals surface area (Å²) in [5, 5.41) is 0. The number of aromatic nitrogens is 1. The predicted octanol–water partition coefficient (Wildman–Crippen LogP) is 0.108. The summed E-state index contributed by atoms with van der Waals surface area (Å²) in [7, 11) is 0. The van der Waals surface area contributed by atoms with Crippen LogP contribution < -0.4 is 16.4 Å². The van der Waals surface area contributed by atoms with Crippen molar-refractivity contribution in [2.24, 2.45) is 11.5 Å². The first-order valence-electron chi connectivity index (χ1n) is 5.43. The van der Waals surface area contributed by atoms with Crippen LogP contribution in [-0.4, -0.2) is 30.0 Å². The van der Waals surface area contributed by atoms with Crippen LogP contribution in [0.25, 0.3) is 0 Å². The van der Waals surface area contributed by atoms with Gasteiger partial charge in [-0.05, 0) is 25.0 Å². The number of piperidine rings is 1. The summed E-state index contributed by atoms with van der Waals surface area (Å²) in [6, 6.07) is 3.84. The van der Waals surface area contributed by atoms with E-state index < -0.39 is 5.91 Å². The second-order valence-corrected chi connectivity index (χ2v) is 4.09. The Morgan fingerprint density at radius 2 is 2.06 bits per heavy atom. The lowest BCUT2D eigenvalue weighted by Crippen LogP contribution is -2.40. The van der Waals surface area contributed by atoms with Crippen LogP contribution in [0.4, 0.5) is 5.82 Å². The Balaban J connectivity index is 2.07. The van der Waals surface area contributed by atoms with E-state index in [1.807, 2.05) is 6.07 Å². The number of carbonyl (C=O) groups excluding carboxylic acids is 1. The van der Waals surface area contributed by atoms with Crippen LogP contribution in [0.3, 0.4) is 0 Å². The van der Waals surface area contributed by atoms with Crippen molar-refractivity contribution in [1.29, 1.82) is 0 Å². The molecule has 1 saturated heterocycles. The van der Waals surface area contributed by atoms with E-state index in [9.17, 15) is 4.79 Å². The predicted molar refractivity (Wildman–Crippen MR) is 62.2 cm³/mol. The van der Waals surface area contributed by atoms with Crippen molar-refractivity contribution in [3.05, 3.63) is 23.9 Å². The van der Waals surface area contributed by atoms with Crippen molar-refractivity contribution >= 4 is 11.7 Å². The molecule has 1 aromatic heterocycles. The lowest BCUT2D eigenvalue weighted by molar-refractivity contribution is 0.1000. The van der Waals surface area contributed by atoms with Crippen molar-refractivity contribution < 1.29 is 4.79 Å². The molecule has 5 heteroatoms. The molecular formula is C11H16N4O. The minimum absolute atomic E-state index is 0.307. The Kier molecular flexibility index (Phi) is 3.05. The average molecular weight is 220 g/mol. The number of rotatable bonds is 2. The highest BCUT2D eigenvalue weighted by Gasteiger charge is 2.17. The first-order chi connectivity index (χ1) is 7.66. The monoisotopic (exact) mass is 220 g/mol. The van der Waals surface area contributed by atoms with Crippen molar-refractivity contribution in [3.63, 3.8) is 0 Å². The van der Waals surface area contributed by atoms with Gasteiger partial charge in [0.1, 0.15) is 5.82 Å². The van der Waals surface area contributed by atoms with Gasteiger partial charge < -0.3 is 16.4 Å². The minimum Gasteiger partial charge on any atom is -0.366 e. The second-order valence-electron chi connectivity index (χ2n) is 4.09. The van der Waals surface area contributed by atoms with Gasteiger partial charge in [-0.1, -0.05) is 0 Å². The topological polar surface area (TPSA) is 85.2 Å². The number of nitrogens with zero attached hydrogens (tertiary/aromatic N) is 2. The maximum absolute atomic E-state index is 10.9. The number of nitrogens with two attached hydrogens (primary N) is 2. The summed E-state index contributed by atoms with van der Waals surface area (Å²) in [4.78, 5) is 17.3. The fraction of sp³-hybridized carbons (Fsp3) is 0.455. The van der Waals surface area contributed by atoms with Gasteiger partial charge in [0, 0.05) is 25.3 Å². The lowest BCUT2D eigenvalue weighted by Gasteiger charge is -2.31. The molecule has 86 valence electrons. The second kappa shape index (κ2) is 4.49. The first kappa shape index (κ1) is 10.9. The van der Waals surface area contributed by atoms with Crippen molar-refractivity contribution in [3.8, 4) is 0 Å². The molecule has 1 aromatic rings. The van der Waals surface area contributed by atoms with Gasteiger partial charge in [0.25, 0.3) is 0 Å². The summed E-state index contributed by atoms with van der Waals surface area (Å²) < 4.78 is 0. The number of carbonyl (C=O) groups is 1. The fourth-order valence-electron chi connectivity index (χ4n) is 1.85. The lowest BCUT2D eigenvalue weighted by atomic mass is 10.1. The van der Waals surface area contributed by atoms with Crippen LogP contribution in [0, 0.1) is 0 Å². The van der Waals surface area contributed by atoms with E-state index in [-0.39, 0.29) is 0 Å². The van der Waals surface area contributed by atoms with Crippen LogP contribution in [-0.2, 0) is 0 Å². The molecule has 0 saturated carbocycles. The molecule has 5 nitrogen and oxygen atoms in total. The first-order valence-corrected chi connectivity index (χ1v) is 5.43. The van der Waals surface area contributed by atoms with Gasteiger partial charge in [-0.2, -0.15) is 0 Å². The number of anilines is 1. The Hall–Kier alpha value is -1.62. The summed E-state index contributed by atoms with van der Waals surface area (Å²) in [6.45, 7) is 1.84. The zero-order chi connectivity index (χ0) is 11.5. The normalized spacial score (nSPS) is 17.4. The SMILES string of the molecule is NC(=O)c1ccc(N2CCC(N)CC2)nc1. The molecular weight excluding hydrogens is 204 g/mol. The van der Waals surface area contributed by atoms with Gasteiger partial charge in [0.15, 0.2) is 0 Å². The van der Waals surface area contributed by atoms with Crippen LogP contribution in [0.15, 0.2) is 18.3 Å². The van der Waals surface area contributed by atoms with E-state index in [2.05, 4.69) is 9.88 Å². The van der Waals surface area contributed by atoms with Gasteiger partial charge in [-0.25, -0.2) is 4.98 Å². The van der Waals surface area contributed by atoms with Crippen molar-refractivity contribution in [2.45, 2.75) is 18.9 Å². The van der Waals surface area contributed by atoms with Crippen molar-refractivity contribution in [1.82, 2.24) is 4.98 Å². The summed E-state index contributed by atoms with van der Waals surface area (Å²) in [5.74, 6) is 0.441. The van der Waals surface area contributed by atoms with E-state index in [1.54, 1.807) is 6.07 Å². The molecule has 0 bridgehead atoms. The van der Waals surface area contributed by atoms with Crippen LogP contribution >= 0.6 is 0 Å². The van der Waals surface area contributed by atoms with Crippen LogP contribution in [0.5, 0.6) is 0 Å². The van der Waals surface area contributed by atoms with E-state index in [1.165, 1.54) is 6.20 Å². The maximum Gasteiger partial charge on any atom is 0.250 e. The highest BCUT2D eigenvalue weighted by Crippen LogP contribution is 2.16. The third kappa shape index (κ3) is 2.30. The van der Waals surface area contributed by atoms with Crippen LogP contribution in [0.1, 0.15) is 23.2 Å². The van der Waals surface area contributed by atoms with E-state index in [0.717, 1.165) is 31.7 Å². The molecule has 0 spiro atoms. The molecule has 0 atom stereocenters. The highest BCUT2D eigenvalue weighted by atomic mass is 16.1. The van der Waals surface area contributed by atoms with Crippen molar-refractivity contribution in [2.75, 3.05) is 18.0 Å². The molecule has 1 aliphatic rings. The summed E-state index contributed by atoms with van der Waals surface area (Å²) >= 11 is 0. The smallest absolute Gasteiger partial charge is 0.250 e. The fourth-order valence-corrected chi connectivity index (χ4v) is 1.85. The van der Waals surface area contributed by atoms with Gasteiger partial charge >= 0.3 is 0 Å². The number of hydrogen-bond donors (Lipinski definition) is 2. The summed E-state index contributed by atoms with van der Waals surface area (Å²) in [5.41, 5.74) is 11.4. The quantitative estimate of drug-likeness (QED) is 0.740. The highest BCUT2D eigenvalue weighted by molar-refractivity contribution is 5.92. The molecule has 16 heavy (non-hydrogen) atoms. The average Bonchev–Trinajstić information content (AvgIpc) is 2.30. The van der Waals surface area contributed by atoms with E-state index in [0.29, 0.717) is 11.6 Å². The molecule has 0 aromatic carbocycles. The molecule has 0 radical (unpaired) electrons. The third-order valence-electron chi connectivity index (χ3n) is 2.90. The zero-order valence-electron chi connectivity index (χ0n) is 9.10. The van der Waals surface area contributed by atoms with E-state index >= 15 is 0 Å². The molecule has 0 aliphatic carbocycles. The summed E-state index contributed by atoms with van der Waals surface area (Å²) in [6.07, 6.45) is 3.49. The molecule has 1 aliphatic heterocycles. The molecule has 0 unspecified atom stereocenters. The standard InChI is InChI=1S/C11H16N4O/c12-9-3-5-15(6-4-9)10-2-1-8(7-14-10)11(13)16/h1-2,7,9H,3-6,12H2,(H2,13,16). The minimum atomic E-state index is -0.445. The Morgan fingerprint density at radius 1 is 1.38 bits per heavy atom. The number of primary amides is 1. The largest absolute Gasteiger partial charge is 0.366 e. The molecule has 2 rings (SSSR count). The zero-order valence-corrected chi connectivity index (χ0v) is 9.10. The Labute approximate surface area is 94.4 Å². The van der Waals surface area contributed by atoms with Gasteiger partial charge in [0.05, 0.1) is 5.56 Å². The Morgan fingerprint density at radius 3 is 2.56 bits per heavy atom. The third-order valence-corrected chi connectivity index (χ3v) is 2.90. The Bertz CT molecular complexity index is 368. The maximum atomic E-state index is 10.9. The molecule has 4 N–H and O–H groups in total. The van der Waals surface area contributed by atoms with Gasteiger partial charge in [-0.3, -0.25) is 4.79 Å². The van der Waals surface area contributed by atoms with Gasteiger partial charge in [-0.15, -0.1) is 0 Å². The number of pyridine rings is 1. The number of hydrogen-bond acceptors (Lipinski definition) is 4. The van der Waals surface area contributed by atoms with E-state index in [4.69, 9.17) is 11.5 Å². The molecule has 2 heterocycles. The molecule has 1 amide bonds. The number of amides is 1. The van der Waals surface area contributed by atoms with Crippen LogP contribution in [0.2, 0.25) is 0 Å². The van der Waals surface area contributed by atoms with Gasteiger partial charge in [0.2, 0.25) is 5.91 Å².